The van der Waals surface area contributed by atoms with Gasteiger partial charge < -0.3 is 9.72 Å². The van der Waals surface area contributed by atoms with Crippen LogP contribution < -0.4 is 0 Å². The topological polar surface area (TPSA) is 48.9 Å². The molecule has 2 rings (SSSR count). The van der Waals surface area contributed by atoms with E-state index in [1.54, 1.807) is 0 Å². The van der Waals surface area contributed by atoms with Crippen LogP contribution in [0.25, 0.3) is 10.9 Å². The largest absolute Gasteiger partial charge is 0.478 e. The molecule has 0 aliphatic rings. The van der Waals surface area contributed by atoms with Gasteiger partial charge >= 0.3 is 0 Å². The second kappa shape index (κ2) is 3.54. The van der Waals surface area contributed by atoms with Gasteiger partial charge in [-0.15, -0.1) is 0 Å². The number of benzene rings is 1. The third-order valence-electron chi connectivity index (χ3n) is 2.13. The molecule has 0 aliphatic heterocycles. The van der Waals surface area contributed by atoms with Crippen LogP contribution in [0.2, 0.25) is 0 Å². The Morgan fingerprint density at radius 3 is 3.07 bits per heavy atom. The molecule has 0 saturated carbocycles. The van der Waals surface area contributed by atoms with Crippen molar-refractivity contribution in [2.75, 3.05) is 6.61 Å². The molecule has 0 saturated heterocycles. The van der Waals surface area contributed by atoms with Crippen LogP contribution in [0.1, 0.15) is 12.5 Å². The van der Waals surface area contributed by atoms with E-state index in [1.807, 2.05) is 37.4 Å². The lowest BCUT2D eigenvalue weighted by Crippen LogP contribution is -2.04. The number of aromatic nitrogens is 1. The summed E-state index contributed by atoms with van der Waals surface area (Å²) < 4.78 is 5.17. The van der Waals surface area contributed by atoms with E-state index in [-0.39, 0.29) is 5.90 Å². The van der Waals surface area contributed by atoms with Crippen LogP contribution in [0.15, 0.2) is 30.5 Å². The molecule has 14 heavy (non-hydrogen) atoms. The van der Waals surface area contributed by atoms with Gasteiger partial charge in [-0.2, -0.15) is 0 Å². The van der Waals surface area contributed by atoms with E-state index in [9.17, 15) is 0 Å². The first kappa shape index (κ1) is 8.81. The van der Waals surface area contributed by atoms with Crippen molar-refractivity contribution in [1.82, 2.24) is 4.98 Å². The molecule has 3 nitrogen and oxygen atoms in total. The smallest absolute Gasteiger partial charge is 0.213 e. The number of hydrogen-bond acceptors (Lipinski definition) is 2. The van der Waals surface area contributed by atoms with E-state index in [1.165, 1.54) is 0 Å². The van der Waals surface area contributed by atoms with Crippen LogP contribution in [-0.2, 0) is 4.74 Å². The molecule has 2 N–H and O–H groups in total. The minimum absolute atomic E-state index is 0.234. The number of ether oxygens (including phenoxy) is 1. The SMILES string of the molecule is CCOC(=N)c1cccc2[nH]ccc12. The Morgan fingerprint density at radius 1 is 1.43 bits per heavy atom. The van der Waals surface area contributed by atoms with Gasteiger partial charge in [0.15, 0.2) is 0 Å². The maximum Gasteiger partial charge on any atom is 0.213 e. The quantitative estimate of drug-likeness (QED) is 0.552. The molecular weight excluding hydrogens is 176 g/mol. The highest BCUT2D eigenvalue weighted by atomic mass is 16.5. The van der Waals surface area contributed by atoms with Crippen LogP contribution in [0, 0.1) is 5.41 Å². The summed E-state index contributed by atoms with van der Waals surface area (Å²) in [5.41, 5.74) is 1.87. The maximum absolute atomic E-state index is 7.71. The maximum atomic E-state index is 7.71. The monoisotopic (exact) mass is 188 g/mol. The Balaban J connectivity index is 2.50. The first-order valence-corrected chi connectivity index (χ1v) is 4.60. The standard InChI is InChI=1S/C11H12N2O/c1-2-14-11(12)9-4-3-5-10-8(9)6-7-13-10/h3-7,12-13H,2H2,1H3. The lowest BCUT2D eigenvalue weighted by molar-refractivity contribution is 0.326. The van der Waals surface area contributed by atoms with Crippen molar-refractivity contribution in [3.05, 3.63) is 36.0 Å². The zero-order valence-electron chi connectivity index (χ0n) is 8.00. The molecule has 2 aromatic rings. The van der Waals surface area contributed by atoms with E-state index in [0.717, 1.165) is 16.5 Å². The van der Waals surface area contributed by atoms with Crippen LogP contribution >= 0.6 is 0 Å². The Bertz CT molecular complexity index is 459. The van der Waals surface area contributed by atoms with Crippen molar-refractivity contribution in [3.63, 3.8) is 0 Å². The van der Waals surface area contributed by atoms with E-state index in [2.05, 4.69) is 4.98 Å². The summed E-state index contributed by atoms with van der Waals surface area (Å²) in [4.78, 5) is 3.10. The summed E-state index contributed by atoms with van der Waals surface area (Å²) in [5, 5.41) is 8.75. The van der Waals surface area contributed by atoms with E-state index < -0.39 is 0 Å². The molecule has 0 bridgehead atoms. The van der Waals surface area contributed by atoms with Crippen molar-refractivity contribution in [1.29, 1.82) is 5.41 Å². The molecule has 3 heteroatoms. The third kappa shape index (κ3) is 1.37. The lowest BCUT2D eigenvalue weighted by Gasteiger charge is -2.05. The second-order valence-corrected chi connectivity index (χ2v) is 3.01. The molecule has 0 radical (unpaired) electrons. The van der Waals surface area contributed by atoms with Gasteiger partial charge in [-0.25, -0.2) is 0 Å². The minimum atomic E-state index is 0.234. The predicted molar refractivity (Wildman–Crippen MR) is 56.8 cm³/mol. The third-order valence-corrected chi connectivity index (χ3v) is 2.13. The summed E-state index contributed by atoms with van der Waals surface area (Å²) in [5.74, 6) is 0.234. The molecule has 0 unspecified atom stereocenters. The molecule has 0 atom stereocenters. The van der Waals surface area contributed by atoms with Crippen LogP contribution in [0.4, 0.5) is 0 Å². The van der Waals surface area contributed by atoms with E-state index >= 15 is 0 Å². The highest BCUT2D eigenvalue weighted by Gasteiger charge is 2.06. The highest BCUT2D eigenvalue weighted by molar-refractivity contribution is 6.04. The number of rotatable bonds is 2. The van der Waals surface area contributed by atoms with Gasteiger partial charge in [-0.1, -0.05) is 6.07 Å². The van der Waals surface area contributed by atoms with Crippen molar-refractivity contribution in [2.24, 2.45) is 0 Å². The van der Waals surface area contributed by atoms with Gasteiger partial charge in [0, 0.05) is 22.7 Å². The number of hydrogen-bond donors (Lipinski definition) is 2. The Morgan fingerprint density at radius 2 is 2.29 bits per heavy atom. The first-order valence-electron chi connectivity index (χ1n) is 4.60. The van der Waals surface area contributed by atoms with Crippen molar-refractivity contribution in [3.8, 4) is 0 Å². The first-order chi connectivity index (χ1) is 6.83. The summed E-state index contributed by atoms with van der Waals surface area (Å²) in [6, 6.07) is 7.76. The molecule has 1 heterocycles. The summed E-state index contributed by atoms with van der Waals surface area (Å²) in [6.45, 7) is 2.41. The molecule has 1 aromatic heterocycles. The highest BCUT2D eigenvalue weighted by Crippen LogP contribution is 2.17. The fourth-order valence-corrected chi connectivity index (χ4v) is 1.51. The molecule has 1 aromatic carbocycles. The number of nitrogens with one attached hydrogen (secondary N) is 2. The molecule has 0 amide bonds. The van der Waals surface area contributed by atoms with Crippen LogP contribution in [-0.4, -0.2) is 17.5 Å². The molecule has 0 aliphatic carbocycles. The van der Waals surface area contributed by atoms with Gasteiger partial charge in [0.1, 0.15) is 0 Å². The predicted octanol–water partition coefficient (Wildman–Crippen LogP) is 2.53. The second-order valence-electron chi connectivity index (χ2n) is 3.01. The Kier molecular flexibility index (Phi) is 2.23. The normalized spacial score (nSPS) is 10.4. The average Bonchev–Trinajstić information content (AvgIpc) is 2.65. The van der Waals surface area contributed by atoms with Crippen molar-refractivity contribution >= 4 is 16.8 Å². The van der Waals surface area contributed by atoms with Crippen LogP contribution in [0.5, 0.6) is 0 Å². The van der Waals surface area contributed by atoms with Crippen molar-refractivity contribution < 1.29 is 4.74 Å². The average molecular weight is 188 g/mol. The summed E-state index contributed by atoms with van der Waals surface area (Å²) in [6.07, 6.45) is 1.87. The van der Waals surface area contributed by atoms with Gasteiger partial charge in [0.25, 0.3) is 0 Å². The van der Waals surface area contributed by atoms with Crippen LogP contribution in [0.3, 0.4) is 0 Å². The van der Waals surface area contributed by atoms with Gasteiger partial charge in [-0.05, 0) is 25.1 Å². The molecule has 0 spiro atoms. The Hall–Kier alpha value is -1.77. The van der Waals surface area contributed by atoms with Crippen molar-refractivity contribution in [2.45, 2.75) is 6.92 Å². The molecule has 72 valence electrons. The molecular formula is C11H12N2O. The lowest BCUT2D eigenvalue weighted by atomic mass is 10.1. The fraction of sp³-hybridized carbons (Fsp3) is 0.182. The number of H-pyrrole nitrogens is 1. The Labute approximate surface area is 82.2 Å². The zero-order valence-corrected chi connectivity index (χ0v) is 8.00. The van der Waals surface area contributed by atoms with Gasteiger partial charge in [0.05, 0.1) is 6.61 Å². The number of fused-ring (bicyclic) bond motifs is 1. The molecule has 0 fully saturated rings. The van der Waals surface area contributed by atoms with Gasteiger partial charge in [0.2, 0.25) is 5.90 Å². The van der Waals surface area contributed by atoms with E-state index in [0.29, 0.717) is 6.61 Å². The van der Waals surface area contributed by atoms with Gasteiger partial charge in [-0.3, -0.25) is 5.41 Å². The summed E-state index contributed by atoms with van der Waals surface area (Å²) in [7, 11) is 0. The van der Waals surface area contributed by atoms with E-state index in [4.69, 9.17) is 10.1 Å². The zero-order chi connectivity index (χ0) is 9.97. The summed E-state index contributed by atoms with van der Waals surface area (Å²) >= 11 is 0. The fourth-order valence-electron chi connectivity index (χ4n) is 1.51. The number of aromatic amines is 1. The minimum Gasteiger partial charge on any atom is -0.478 e.